The highest BCUT2D eigenvalue weighted by Crippen LogP contribution is 2.29. The van der Waals surface area contributed by atoms with Crippen molar-refractivity contribution in [3.8, 4) is 11.5 Å². The molecule has 10 nitrogen and oxygen atoms in total. The normalized spacial score (nSPS) is 10.6. The molecule has 0 saturated carbocycles. The van der Waals surface area contributed by atoms with Crippen LogP contribution in [0.5, 0.6) is 11.5 Å². The van der Waals surface area contributed by atoms with Gasteiger partial charge in [-0.2, -0.15) is 0 Å². The second kappa shape index (κ2) is 11.8. The number of amides is 1. The summed E-state index contributed by atoms with van der Waals surface area (Å²) in [4.78, 5) is 32.9. The van der Waals surface area contributed by atoms with Crippen LogP contribution in [0.3, 0.4) is 0 Å². The standard InChI is InChI=1S/C27H26N4O6/c1-36-20-8-6-18(7-9-20)26(33)31-19-5-2-4-17(12-19)15-28-25-22-13-21(37-11-3-10-32)14-23(27(34)35)24(22)29-16-30-25/h2,4-9,12-14,16,32H,3,10-11,15H2,1H3,(H,31,33)(H,34,35)(H,28,29,30). The second-order valence-electron chi connectivity index (χ2n) is 8.06. The van der Waals surface area contributed by atoms with Gasteiger partial charge in [0.1, 0.15) is 23.6 Å². The fraction of sp³-hybridized carbons (Fsp3) is 0.185. The Balaban J connectivity index is 1.52. The molecule has 0 radical (unpaired) electrons. The molecule has 0 unspecified atom stereocenters. The number of carboxylic acid groups (broad SMARTS) is 1. The summed E-state index contributed by atoms with van der Waals surface area (Å²) in [5, 5.41) is 25.3. The molecule has 10 heteroatoms. The lowest BCUT2D eigenvalue weighted by Crippen LogP contribution is -2.12. The third-order valence-corrected chi connectivity index (χ3v) is 5.51. The quantitative estimate of drug-likeness (QED) is 0.224. The van der Waals surface area contributed by atoms with Gasteiger partial charge in [0.2, 0.25) is 0 Å². The van der Waals surface area contributed by atoms with Crippen molar-refractivity contribution in [2.75, 3.05) is 31.0 Å². The van der Waals surface area contributed by atoms with Crippen molar-refractivity contribution >= 4 is 34.3 Å². The molecule has 3 aromatic carbocycles. The molecule has 0 aliphatic carbocycles. The number of hydrogen-bond acceptors (Lipinski definition) is 8. The van der Waals surface area contributed by atoms with Gasteiger partial charge >= 0.3 is 5.97 Å². The predicted octanol–water partition coefficient (Wildman–Crippen LogP) is 3.96. The Morgan fingerprint density at radius 3 is 2.54 bits per heavy atom. The van der Waals surface area contributed by atoms with Crippen molar-refractivity contribution in [3.05, 3.63) is 83.7 Å². The molecular formula is C27H26N4O6. The van der Waals surface area contributed by atoms with Crippen LogP contribution in [0.1, 0.15) is 32.7 Å². The molecule has 1 heterocycles. The largest absolute Gasteiger partial charge is 0.497 e. The molecule has 37 heavy (non-hydrogen) atoms. The summed E-state index contributed by atoms with van der Waals surface area (Å²) < 4.78 is 10.7. The number of carbonyl (C=O) groups is 2. The maximum atomic E-state index is 12.6. The number of anilines is 2. The number of fused-ring (bicyclic) bond motifs is 1. The molecular weight excluding hydrogens is 476 g/mol. The summed E-state index contributed by atoms with van der Waals surface area (Å²) in [5.74, 6) is 0.0699. The highest BCUT2D eigenvalue weighted by molar-refractivity contribution is 6.05. The van der Waals surface area contributed by atoms with E-state index in [0.717, 1.165) is 5.56 Å². The molecule has 190 valence electrons. The summed E-state index contributed by atoms with van der Waals surface area (Å²) in [6.45, 7) is 0.567. The first-order valence-corrected chi connectivity index (χ1v) is 11.5. The van der Waals surface area contributed by atoms with Gasteiger partial charge in [0.05, 0.1) is 24.8 Å². The van der Waals surface area contributed by atoms with Crippen LogP contribution in [0.2, 0.25) is 0 Å². The lowest BCUT2D eigenvalue weighted by atomic mass is 10.1. The Hall–Kier alpha value is -4.70. The van der Waals surface area contributed by atoms with Crippen LogP contribution in [0.25, 0.3) is 10.9 Å². The first kappa shape index (κ1) is 25.4. The third-order valence-electron chi connectivity index (χ3n) is 5.51. The number of aromatic nitrogens is 2. The molecule has 4 rings (SSSR count). The first-order chi connectivity index (χ1) is 18.0. The van der Waals surface area contributed by atoms with Gasteiger partial charge in [-0.15, -0.1) is 0 Å². The zero-order valence-electron chi connectivity index (χ0n) is 20.1. The number of methoxy groups -OCH3 is 1. The van der Waals surface area contributed by atoms with E-state index in [9.17, 15) is 14.7 Å². The number of benzene rings is 3. The molecule has 0 spiro atoms. The van der Waals surface area contributed by atoms with E-state index in [4.69, 9.17) is 14.6 Å². The average Bonchev–Trinajstić information content (AvgIpc) is 2.91. The molecule has 4 N–H and O–H groups in total. The number of nitrogens with one attached hydrogen (secondary N) is 2. The van der Waals surface area contributed by atoms with Crippen LogP contribution < -0.4 is 20.1 Å². The van der Waals surface area contributed by atoms with Gasteiger partial charge in [-0.25, -0.2) is 14.8 Å². The van der Waals surface area contributed by atoms with Crippen molar-refractivity contribution in [3.63, 3.8) is 0 Å². The van der Waals surface area contributed by atoms with Gasteiger partial charge in [0, 0.05) is 36.2 Å². The number of aliphatic hydroxyl groups excluding tert-OH is 1. The Kier molecular flexibility index (Phi) is 8.11. The monoisotopic (exact) mass is 502 g/mol. The molecule has 4 aromatic rings. The van der Waals surface area contributed by atoms with Crippen LogP contribution in [-0.4, -0.2) is 52.4 Å². The van der Waals surface area contributed by atoms with Crippen molar-refractivity contribution in [1.82, 2.24) is 9.97 Å². The number of hydrogen-bond donors (Lipinski definition) is 4. The molecule has 0 fully saturated rings. The lowest BCUT2D eigenvalue weighted by Gasteiger charge is -2.13. The molecule has 0 atom stereocenters. The van der Waals surface area contributed by atoms with Gasteiger partial charge in [-0.1, -0.05) is 12.1 Å². The predicted molar refractivity (Wildman–Crippen MR) is 138 cm³/mol. The minimum atomic E-state index is -1.14. The van der Waals surface area contributed by atoms with Crippen molar-refractivity contribution in [2.24, 2.45) is 0 Å². The summed E-state index contributed by atoms with van der Waals surface area (Å²) in [5.41, 5.74) is 2.27. The zero-order chi connectivity index (χ0) is 26.2. The Labute approximate surface area is 212 Å². The van der Waals surface area contributed by atoms with Crippen LogP contribution in [0.15, 0.2) is 67.0 Å². The molecule has 0 saturated heterocycles. The summed E-state index contributed by atoms with van der Waals surface area (Å²) in [7, 11) is 1.57. The number of rotatable bonds is 11. The Morgan fingerprint density at radius 2 is 1.81 bits per heavy atom. The third kappa shape index (κ3) is 6.30. The van der Waals surface area contributed by atoms with Crippen molar-refractivity contribution < 1.29 is 29.3 Å². The Morgan fingerprint density at radius 1 is 1.00 bits per heavy atom. The van der Waals surface area contributed by atoms with Crippen molar-refractivity contribution in [1.29, 1.82) is 0 Å². The first-order valence-electron chi connectivity index (χ1n) is 11.5. The van der Waals surface area contributed by atoms with E-state index in [0.29, 0.717) is 46.9 Å². The fourth-order valence-corrected chi connectivity index (χ4v) is 3.67. The molecule has 1 aromatic heterocycles. The number of ether oxygens (including phenoxy) is 2. The number of carbonyl (C=O) groups excluding carboxylic acids is 1. The summed E-state index contributed by atoms with van der Waals surface area (Å²) in [6, 6.07) is 17.3. The van der Waals surface area contributed by atoms with Crippen LogP contribution in [0.4, 0.5) is 11.5 Å². The van der Waals surface area contributed by atoms with Gasteiger partial charge in [0.15, 0.2) is 0 Å². The van der Waals surface area contributed by atoms with E-state index < -0.39 is 5.97 Å². The second-order valence-corrected chi connectivity index (χ2v) is 8.06. The molecule has 0 aliphatic rings. The summed E-state index contributed by atoms with van der Waals surface area (Å²) >= 11 is 0. The van der Waals surface area contributed by atoms with Crippen LogP contribution in [0, 0.1) is 0 Å². The van der Waals surface area contributed by atoms with Gasteiger partial charge < -0.3 is 30.3 Å². The van der Waals surface area contributed by atoms with Crippen molar-refractivity contribution in [2.45, 2.75) is 13.0 Å². The molecule has 0 aliphatic heterocycles. The SMILES string of the molecule is COc1ccc(C(=O)Nc2cccc(CNc3ncnc4c(C(=O)O)cc(OCCCO)cc34)c2)cc1. The molecule has 0 bridgehead atoms. The maximum Gasteiger partial charge on any atom is 0.338 e. The van der Waals surface area contributed by atoms with E-state index in [2.05, 4.69) is 20.6 Å². The van der Waals surface area contributed by atoms with Crippen LogP contribution in [-0.2, 0) is 6.54 Å². The van der Waals surface area contributed by atoms with E-state index in [-0.39, 0.29) is 30.2 Å². The molecule has 1 amide bonds. The zero-order valence-corrected chi connectivity index (χ0v) is 20.1. The van der Waals surface area contributed by atoms with Gasteiger partial charge in [-0.05, 0) is 54.1 Å². The number of carboxylic acids is 1. The average molecular weight is 503 g/mol. The van der Waals surface area contributed by atoms with Gasteiger partial charge in [0.25, 0.3) is 5.91 Å². The minimum Gasteiger partial charge on any atom is -0.497 e. The maximum absolute atomic E-state index is 12.6. The van der Waals surface area contributed by atoms with E-state index in [1.807, 2.05) is 18.2 Å². The number of aromatic carboxylic acids is 1. The summed E-state index contributed by atoms with van der Waals surface area (Å²) in [6.07, 6.45) is 1.72. The Bertz CT molecular complexity index is 1410. The number of aliphatic hydroxyl groups is 1. The topological polar surface area (TPSA) is 143 Å². The van der Waals surface area contributed by atoms with E-state index in [1.165, 1.54) is 12.4 Å². The van der Waals surface area contributed by atoms with E-state index >= 15 is 0 Å². The highest BCUT2D eigenvalue weighted by atomic mass is 16.5. The number of nitrogens with zero attached hydrogens (tertiary/aromatic N) is 2. The van der Waals surface area contributed by atoms with Crippen LogP contribution >= 0.6 is 0 Å². The highest BCUT2D eigenvalue weighted by Gasteiger charge is 2.16. The lowest BCUT2D eigenvalue weighted by molar-refractivity contribution is 0.0698. The minimum absolute atomic E-state index is 0.00908. The fourth-order valence-electron chi connectivity index (χ4n) is 3.67. The smallest absolute Gasteiger partial charge is 0.338 e. The van der Waals surface area contributed by atoms with Gasteiger partial charge in [-0.3, -0.25) is 4.79 Å². The van der Waals surface area contributed by atoms with E-state index in [1.54, 1.807) is 43.5 Å².